The van der Waals surface area contributed by atoms with Gasteiger partial charge in [-0.05, 0) is 106 Å². The second-order valence-electron chi connectivity index (χ2n) is 9.89. The quantitative estimate of drug-likeness (QED) is 0.732. The van der Waals surface area contributed by atoms with Gasteiger partial charge in [0.15, 0.2) is 0 Å². The second kappa shape index (κ2) is 6.34. The zero-order chi connectivity index (χ0) is 17.8. The molecule has 2 saturated carbocycles. The maximum atomic E-state index is 10.6. The van der Waals surface area contributed by atoms with Crippen LogP contribution < -0.4 is 0 Å². The standard InChI is InChI=1S/C24H35NO/c1-2-5-20-18(8-9-23(20)10-11-23)17-25-14-12-24(13-15-25)16-22(26)19-6-3-4-7-21(19)24/h2,4-5,7,18,20,22,26H,3,6,8-17H2,1H3/b5-2-/t18-,20?,22?/m1/s1. The summed E-state index contributed by atoms with van der Waals surface area (Å²) in [5.74, 6) is 1.72. The molecule has 3 fully saturated rings. The first kappa shape index (κ1) is 17.3. The molecular formula is C24H35NO. The minimum Gasteiger partial charge on any atom is -0.389 e. The Morgan fingerprint density at radius 1 is 1.19 bits per heavy atom. The monoisotopic (exact) mass is 353 g/mol. The Kier molecular flexibility index (Phi) is 4.21. The third kappa shape index (κ3) is 2.67. The van der Waals surface area contributed by atoms with Crippen LogP contribution in [0.1, 0.15) is 64.7 Å². The van der Waals surface area contributed by atoms with Crippen LogP contribution in [0.2, 0.25) is 0 Å². The molecule has 0 aromatic rings. The van der Waals surface area contributed by atoms with Gasteiger partial charge in [0.25, 0.3) is 0 Å². The topological polar surface area (TPSA) is 23.5 Å². The van der Waals surface area contributed by atoms with Crippen molar-refractivity contribution in [2.75, 3.05) is 19.6 Å². The lowest BCUT2D eigenvalue weighted by molar-refractivity contribution is 0.0863. The molecular weight excluding hydrogens is 318 g/mol. The smallest absolute Gasteiger partial charge is 0.0764 e. The van der Waals surface area contributed by atoms with E-state index in [0.717, 1.165) is 31.1 Å². The number of hydrogen-bond donors (Lipinski definition) is 1. The first-order valence-electron chi connectivity index (χ1n) is 11.1. The van der Waals surface area contributed by atoms with Gasteiger partial charge >= 0.3 is 0 Å². The van der Waals surface area contributed by atoms with Gasteiger partial charge in [-0.25, -0.2) is 0 Å². The summed E-state index contributed by atoms with van der Waals surface area (Å²) in [6, 6.07) is 0. The number of hydrogen-bond acceptors (Lipinski definition) is 2. The molecule has 1 saturated heterocycles. The minimum absolute atomic E-state index is 0.162. The number of aliphatic hydroxyl groups is 1. The van der Waals surface area contributed by atoms with Gasteiger partial charge in [-0.3, -0.25) is 0 Å². The van der Waals surface area contributed by atoms with E-state index in [-0.39, 0.29) is 11.5 Å². The second-order valence-corrected chi connectivity index (χ2v) is 9.89. The van der Waals surface area contributed by atoms with Crippen molar-refractivity contribution >= 4 is 0 Å². The van der Waals surface area contributed by atoms with Gasteiger partial charge in [-0.15, -0.1) is 0 Å². The van der Waals surface area contributed by atoms with E-state index in [1.165, 1.54) is 69.3 Å². The molecule has 5 rings (SSSR count). The maximum Gasteiger partial charge on any atom is 0.0764 e. The van der Waals surface area contributed by atoms with E-state index < -0.39 is 0 Å². The number of fused-ring (bicyclic) bond motifs is 1. The van der Waals surface area contributed by atoms with Gasteiger partial charge in [0, 0.05) is 12.0 Å². The largest absolute Gasteiger partial charge is 0.389 e. The summed E-state index contributed by atoms with van der Waals surface area (Å²) in [6.07, 6.45) is 20.9. The number of allylic oxidation sites excluding steroid dienone is 5. The zero-order valence-corrected chi connectivity index (χ0v) is 16.4. The molecule has 142 valence electrons. The number of rotatable bonds is 3. The van der Waals surface area contributed by atoms with Crippen LogP contribution >= 0.6 is 0 Å². The van der Waals surface area contributed by atoms with Crippen molar-refractivity contribution in [2.45, 2.75) is 70.8 Å². The highest BCUT2D eigenvalue weighted by Crippen LogP contribution is 2.64. The zero-order valence-electron chi connectivity index (χ0n) is 16.4. The van der Waals surface area contributed by atoms with Crippen molar-refractivity contribution in [1.29, 1.82) is 0 Å². The van der Waals surface area contributed by atoms with E-state index in [1.54, 1.807) is 0 Å². The van der Waals surface area contributed by atoms with Crippen molar-refractivity contribution in [2.24, 2.45) is 22.7 Å². The molecule has 0 radical (unpaired) electrons. The molecule has 0 bridgehead atoms. The average Bonchev–Trinajstić information content (AvgIpc) is 3.31. The molecule has 1 aliphatic heterocycles. The van der Waals surface area contributed by atoms with Crippen LogP contribution in [0.15, 0.2) is 35.5 Å². The first-order chi connectivity index (χ1) is 12.7. The molecule has 3 atom stereocenters. The predicted octanol–water partition coefficient (Wildman–Crippen LogP) is 4.86. The van der Waals surface area contributed by atoms with E-state index in [2.05, 4.69) is 36.1 Å². The molecule has 2 spiro atoms. The summed E-state index contributed by atoms with van der Waals surface area (Å²) in [7, 11) is 0. The van der Waals surface area contributed by atoms with Crippen LogP contribution in [0.25, 0.3) is 0 Å². The Morgan fingerprint density at radius 3 is 2.73 bits per heavy atom. The Labute approximate surface area is 159 Å². The molecule has 0 aromatic heterocycles. The summed E-state index contributed by atoms with van der Waals surface area (Å²) in [5, 5.41) is 10.6. The highest BCUT2D eigenvalue weighted by molar-refractivity contribution is 5.42. The molecule has 4 aliphatic carbocycles. The van der Waals surface area contributed by atoms with Gasteiger partial charge in [0.05, 0.1) is 6.10 Å². The Morgan fingerprint density at radius 2 is 2.00 bits per heavy atom. The number of piperidine rings is 1. The van der Waals surface area contributed by atoms with Crippen LogP contribution in [0, 0.1) is 22.7 Å². The van der Waals surface area contributed by atoms with Crippen molar-refractivity contribution in [3.63, 3.8) is 0 Å². The molecule has 2 unspecified atom stereocenters. The van der Waals surface area contributed by atoms with E-state index in [4.69, 9.17) is 0 Å². The third-order valence-electron chi connectivity index (χ3n) is 8.59. The summed E-state index contributed by atoms with van der Waals surface area (Å²) < 4.78 is 0. The van der Waals surface area contributed by atoms with E-state index in [9.17, 15) is 5.11 Å². The van der Waals surface area contributed by atoms with Crippen LogP contribution in [0.4, 0.5) is 0 Å². The fourth-order valence-corrected chi connectivity index (χ4v) is 6.95. The highest BCUT2D eigenvalue weighted by atomic mass is 16.3. The maximum absolute atomic E-state index is 10.6. The Hall–Kier alpha value is -0.860. The molecule has 2 heteroatoms. The van der Waals surface area contributed by atoms with Gasteiger partial charge in [0.1, 0.15) is 0 Å². The first-order valence-corrected chi connectivity index (χ1v) is 11.1. The molecule has 1 N–H and O–H groups in total. The van der Waals surface area contributed by atoms with Gasteiger partial charge in [-0.2, -0.15) is 0 Å². The number of likely N-dealkylation sites (tertiary alicyclic amines) is 1. The predicted molar refractivity (Wildman–Crippen MR) is 107 cm³/mol. The summed E-state index contributed by atoms with van der Waals surface area (Å²) in [4.78, 5) is 2.76. The van der Waals surface area contributed by atoms with Crippen LogP contribution in [-0.4, -0.2) is 35.7 Å². The third-order valence-corrected chi connectivity index (χ3v) is 8.59. The van der Waals surface area contributed by atoms with Crippen molar-refractivity contribution in [3.05, 3.63) is 35.5 Å². The summed E-state index contributed by atoms with van der Waals surface area (Å²) in [5.41, 5.74) is 3.90. The molecule has 0 amide bonds. The normalized spacial score (nSPS) is 38.0. The SMILES string of the molecule is C/C=C\C1[C@@H](CN2CCC3(CC2)CC(O)C2=C3C=CCC2)CCC12CC2. The number of aliphatic hydroxyl groups excluding tert-OH is 1. The van der Waals surface area contributed by atoms with Crippen LogP contribution in [-0.2, 0) is 0 Å². The lowest BCUT2D eigenvalue weighted by Gasteiger charge is -2.42. The lowest BCUT2D eigenvalue weighted by Crippen LogP contribution is -2.43. The molecule has 1 heterocycles. The lowest BCUT2D eigenvalue weighted by atomic mass is 9.72. The average molecular weight is 354 g/mol. The van der Waals surface area contributed by atoms with Gasteiger partial charge in [-0.1, -0.05) is 24.3 Å². The fourth-order valence-electron chi connectivity index (χ4n) is 6.95. The Balaban J connectivity index is 1.24. The number of nitrogens with zero attached hydrogens (tertiary/aromatic N) is 1. The van der Waals surface area contributed by atoms with E-state index >= 15 is 0 Å². The van der Waals surface area contributed by atoms with E-state index in [1.807, 2.05) is 0 Å². The van der Waals surface area contributed by atoms with Crippen molar-refractivity contribution in [3.8, 4) is 0 Å². The van der Waals surface area contributed by atoms with Gasteiger partial charge in [0.2, 0.25) is 0 Å². The fraction of sp³-hybridized carbons (Fsp3) is 0.750. The molecule has 26 heavy (non-hydrogen) atoms. The summed E-state index contributed by atoms with van der Waals surface area (Å²) in [6.45, 7) is 5.95. The van der Waals surface area contributed by atoms with Crippen LogP contribution in [0.3, 0.4) is 0 Å². The highest BCUT2D eigenvalue weighted by Gasteiger charge is 2.55. The molecule has 2 nitrogen and oxygen atoms in total. The van der Waals surface area contributed by atoms with Crippen molar-refractivity contribution in [1.82, 2.24) is 4.90 Å². The van der Waals surface area contributed by atoms with E-state index in [0.29, 0.717) is 5.41 Å². The minimum atomic E-state index is -0.162. The van der Waals surface area contributed by atoms with Gasteiger partial charge < -0.3 is 10.0 Å². The molecule has 5 aliphatic rings. The van der Waals surface area contributed by atoms with Crippen LogP contribution in [0.5, 0.6) is 0 Å². The molecule has 0 aromatic carbocycles. The van der Waals surface area contributed by atoms with Crippen molar-refractivity contribution < 1.29 is 5.11 Å². The Bertz CT molecular complexity index is 645. The summed E-state index contributed by atoms with van der Waals surface area (Å²) >= 11 is 0.